The lowest BCUT2D eigenvalue weighted by atomic mass is 10.1. The number of hydrogen-bond acceptors (Lipinski definition) is 8. The van der Waals surface area contributed by atoms with E-state index in [2.05, 4.69) is 25.9 Å². The van der Waals surface area contributed by atoms with Crippen molar-refractivity contribution in [1.29, 1.82) is 0 Å². The van der Waals surface area contributed by atoms with Crippen molar-refractivity contribution >= 4 is 23.2 Å². The fourth-order valence-electron chi connectivity index (χ4n) is 1.44. The molecule has 0 atom stereocenters. The van der Waals surface area contributed by atoms with Crippen molar-refractivity contribution in [3.05, 3.63) is 46.3 Å². The first kappa shape index (κ1) is 13.3. The number of nitro groups is 1. The molecule has 0 radical (unpaired) electrons. The number of nitrogen functional groups attached to an aromatic ring is 1. The summed E-state index contributed by atoms with van der Waals surface area (Å²) in [6.45, 7) is 0. The molecule has 1 aromatic carbocycles. The molecule has 4 N–H and O–H groups in total. The highest BCUT2D eigenvalue weighted by Crippen LogP contribution is 2.22. The van der Waals surface area contributed by atoms with Gasteiger partial charge in [0.25, 0.3) is 11.6 Å². The third kappa shape index (κ3) is 2.81. The standard InChI is InChI=1S/C10H9N7O3/c11-15-6-1-2-8(17(19)20)7(5-6)9(18)14-10-12-3-4-13-16-10/h1-5,15H,11H2,(H,12,14,16,18). The summed E-state index contributed by atoms with van der Waals surface area (Å²) in [7, 11) is 0. The number of benzene rings is 1. The first-order chi connectivity index (χ1) is 9.61. The molecule has 1 aromatic heterocycles. The van der Waals surface area contributed by atoms with Gasteiger partial charge < -0.3 is 5.43 Å². The largest absolute Gasteiger partial charge is 0.324 e. The van der Waals surface area contributed by atoms with Crippen LogP contribution in [0.4, 0.5) is 17.3 Å². The van der Waals surface area contributed by atoms with Gasteiger partial charge in [-0.2, -0.15) is 5.10 Å². The molecule has 0 saturated carbocycles. The van der Waals surface area contributed by atoms with E-state index in [4.69, 9.17) is 5.84 Å². The van der Waals surface area contributed by atoms with Gasteiger partial charge in [-0.25, -0.2) is 4.98 Å². The molecule has 0 spiro atoms. The summed E-state index contributed by atoms with van der Waals surface area (Å²) in [6, 6.07) is 3.81. The summed E-state index contributed by atoms with van der Waals surface area (Å²) in [4.78, 5) is 26.0. The molecule has 1 heterocycles. The Bertz CT molecular complexity index is 647. The molecule has 10 heteroatoms. The molecule has 0 aliphatic carbocycles. The monoisotopic (exact) mass is 275 g/mol. The summed E-state index contributed by atoms with van der Waals surface area (Å²) in [6.07, 6.45) is 2.66. The number of hydrazine groups is 1. The third-order valence-corrected chi connectivity index (χ3v) is 2.31. The maximum Gasteiger partial charge on any atom is 0.282 e. The number of nitrogens with zero attached hydrogens (tertiary/aromatic N) is 4. The number of amides is 1. The van der Waals surface area contributed by atoms with E-state index in [1.807, 2.05) is 0 Å². The van der Waals surface area contributed by atoms with Crippen molar-refractivity contribution in [2.45, 2.75) is 0 Å². The molecule has 0 bridgehead atoms. The number of nitrogens with one attached hydrogen (secondary N) is 2. The highest BCUT2D eigenvalue weighted by atomic mass is 16.6. The first-order valence-electron chi connectivity index (χ1n) is 5.32. The van der Waals surface area contributed by atoms with Crippen LogP contribution in [-0.4, -0.2) is 26.0 Å². The van der Waals surface area contributed by atoms with E-state index in [9.17, 15) is 14.9 Å². The molecule has 0 fully saturated rings. The number of rotatable bonds is 4. The Labute approximate surface area is 112 Å². The minimum absolute atomic E-state index is 0.0575. The maximum atomic E-state index is 12.0. The smallest absolute Gasteiger partial charge is 0.282 e. The van der Waals surface area contributed by atoms with Crippen LogP contribution >= 0.6 is 0 Å². The second-order valence-corrected chi connectivity index (χ2v) is 3.55. The third-order valence-electron chi connectivity index (χ3n) is 2.31. The van der Waals surface area contributed by atoms with E-state index < -0.39 is 10.8 Å². The molecule has 1 amide bonds. The van der Waals surface area contributed by atoms with Crippen LogP contribution in [0.3, 0.4) is 0 Å². The van der Waals surface area contributed by atoms with Crippen LogP contribution in [0.2, 0.25) is 0 Å². The summed E-state index contributed by atoms with van der Waals surface area (Å²) in [5, 5.41) is 20.3. The Morgan fingerprint density at radius 1 is 1.35 bits per heavy atom. The molecular formula is C10H9N7O3. The number of anilines is 2. The minimum Gasteiger partial charge on any atom is -0.324 e. The van der Waals surface area contributed by atoms with Gasteiger partial charge in [0.15, 0.2) is 0 Å². The average Bonchev–Trinajstić information content (AvgIpc) is 2.47. The van der Waals surface area contributed by atoms with Crippen molar-refractivity contribution in [2.75, 3.05) is 10.7 Å². The normalized spacial score (nSPS) is 9.85. The zero-order valence-electron chi connectivity index (χ0n) is 9.98. The van der Waals surface area contributed by atoms with Gasteiger partial charge in [-0.05, 0) is 12.1 Å². The molecule has 0 saturated heterocycles. The van der Waals surface area contributed by atoms with Gasteiger partial charge in [-0.1, -0.05) is 0 Å². The second-order valence-electron chi connectivity index (χ2n) is 3.55. The Hall–Kier alpha value is -3.14. The maximum absolute atomic E-state index is 12.0. The number of hydrogen-bond donors (Lipinski definition) is 3. The van der Waals surface area contributed by atoms with Crippen LogP contribution in [0.25, 0.3) is 0 Å². The number of carbonyl (C=O) groups excluding carboxylic acids is 1. The van der Waals surface area contributed by atoms with Crippen molar-refractivity contribution in [1.82, 2.24) is 15.2 Å². The van der Waals surface area contributed by atoms with Gasteiger partial charge in [0.1, 0.15) is 5.56 Å². The average molecular weight is 275 g/mol. The van der Waals surface area contributed by atoms with E-state index in [1.165, 1.54) is 30.6 Å². The Morgan fingerprint density at radius 3 is 2.75 bits per heavy atom. The Balaban J connectivity index is 2.35. The zero-order chi connectivity index (χ0) is 14.5. The molecule has 0 aliphatic heterocycles. The molecule has 20 heavy (non-hydrogen) atoms. The Morgan fingerprint density at radius 2 is 2.15 bits per heavy atom. The lowest BCUT2D eigenvalue weighted by molar-refractivity contribution is -0.385. The first-order valence-corrected chi connectivity index (χ1v) is 5.32. The fraction of sp³-hybridized carbons (Fsp3) is 0. The summed E-state index contributed by atoms with van der Waals surface area (Å²) in [5.74, 6) is 4.42. The number of carbonyl (C=O) groups is 1. The van der Waals surface area contributed by atoms with Gasteiger partial charge in [-0.15, -0.1) is 5.10 Å². The van der Waals surface area contributed by atoms with Gasteiger partial charge in [0, 0.05) is 11.8 Å². The summed E-state index contributed by atoms with van der Waals surface area (Å²) < 4.78 is 0. The molecule has 10 nitrogen and oxygen atoms in total. The Kier molecular flexibility index (Phi) is 3.77. The predicted molar refractivity (Wildman–Crippen MR) is 68.7 cm³/mol. The van der Waals surface area contributed by atoms with Gasteiger partial charge >= 0.3 is 0 Å². The molecule has 2 rings (SSSR count). The van der Waals surface area contributed by atoms with Crippen molar-refractivity contribution in [2.24, 2.45) is 5.84 Å². The highest BCUT2D eigenvalue weighted by molar-refractivity contribution is 6.06. The van der Waals surface area contributed by atoms with Crippen molar-refractivity contribution in [3.63, 3.8) is 0 Å². The zero-order valence-corrected chi connectivity index (χ0v) is 9.98. The van der Waals surface area contributed by atoms with Gasteiger partial charge in [0.2, 0.25) is 5.95 Å². The highest BCUT2D eigenvalue weighted by Gasteiger charge is 2.21. The molecule has 0 aliphatic rings. The summed E-state index contributed by atoms with van der Waals surface area (Å²) in [5.41, 5.74) is 2.14. The molecule has 2 aromatic rings. The van der Waals surface area contributed by atoms with Crippen LogP contribution in [0.1, 0.15) is 10.4 Å². The quantitative estimate of drug-likeness (QED) is 0.410. The molecule has 102 valence electrons. The van der Waals surface area contributed by atoms with E-state index in [0.29, 0.717) is 5.69 Å². The predicted octanol–water partition coefficient (Wildman–Crippen LogP) is 0.318. The van der Waals surface area contributed by atoms with Crippen molar-refractivity contribution < 1.29 is 9.72 Å². The van der Waals surface area contributed by atoms with E-state index >= 15 is 0 Å². The van der Waals surface area contributed by atoms with E-state index in [0.717, 1.165) is 0 Å². The lowest BCUT2D eigenvalue weighted by Gasteiger charge is -2.06. The molecule has 0 unspecified atom stereocenters. The van der Waals surface area contributed by atoms with Gasteiger partial charge in [0.05, 0.1) is 17.3 Å². The number of nitrogens with two attached hydrogens (primary N) is 1. The van der Waals surface area contributed by atoms with Crippen LogP contribution in [0, 0.1) is 10.1 Å². The summed E-state index contributed by atoms with van der Waals surface area (Å²) >= 11 is 0. The minimum atomic E-state index is -0.734. The SMILES string of the molecule is NNc1ccc([N+](=O)[O-])c(C(=O)Nc2nccnn2)c1. The lowest BCUT2D eigenvalue weighted by Crippen LogP contribution is -2.17. The number of aromatic nitrogens is 3. The number of nitro benzene ring substituents is 1. The second kappa shape index (κ2) is 5.67. The van der Waals surface area contributed by atoms with Crippen molar-refractivity contribution in [3.8, 4) is 0 Å². The van der Waals surface area contributed by atoms with Crippen LogP contribution < -0.4 is 16.6 Å². The van der Waals surface area contributed by atoms with Crippen LogP contribution in [-0.2, 0) is 0 Å². The van der Waals surface area contributed by atoms with Crippen LogP contribution in [0.5, 0.6) is 0 Å². The van der Waals surface area contributed by atoms with E-state index in [-0.39, 0.29) is 17.2 Å². The van der Waals surface area contributed by atoms with E-state index in [1.54, 1.807) is 0 Å². The topological polar surface area (TPSA) is 149 Å². The van der Waals surface area contributed by atoms with Crippen LogP contribution in [0.15, 0.2) is 30.6 Å². The van der Waals surface area contributed by atoms with Gasteiger partial charge in [-0.3, -0.25) is 26.1 Å². The fourth-order valence-corrected chi connectivity index (χ4v) is 1.44. The molecular weight excluding hydrogens is 266 g/mol.